The van der Waals surface area contributed by atoms with Crippen molar-refractivity contribution in [3.63, 3.8) is 0 Å². The second-order valence-electron chi connectivity index (χ2n) is 11.2. The number of carboxylic acid groups (broad SMARTS) is 1. The molecule has 0 radical (unpaired) electrons. The number of hydrogen-bond donors (Lipinski definition) is 1. The summed E-state index contributed by atoms with van der Waals surface area (Å²) in [5.74, 6) is -3.48. The summed E-state index contributed by atoms with van der Waals surface area (Å²) in [7, 11) is 0. The van der Waals surface area contributed by atoms with E-state index in [1.54, 1.807) is 44.4 Å². The van der Waals surface area contributed by atoms with Gasteiger partial charge in [0.05, 0.1) is 59.2 Å². The molecule has 15 heteroatoms. The number of benzene rings is 1. The summed E-state index contributed by atoms with van der Waals surface area (Å²) in [4.78, 5) is 79.0. The van der Waals surface area contributed by atoms with Crippen molar-refractivity contribution in [1.29, 1.82) is 0 Å². The average molecular weight is 722 g/mol. The highest BCUT2D eigenvalue weighted by Gasteiger charge is 2.29. The summed E-state index contributed by atoms with van der Waals surface area (Å²) in [6, 6.07) is 6.59. The maximum Gasteiger partial charge on any atom is 0.323 e. The summed E-state index contributed by atoms with van der Waals surface area (Å²) >= 11 is 0. The lowest BCUT2D eigenvalue weighted by atomic mass is 10.1. The molecule has 1 atom stereocenters. The van der Waals surface area contributed by atoms with Crippen molar-refractivity contribution in [2.75, 3.05) is 85.4 Å². The van der Waals surface area contributed by atoms with Crippen LogP contribution in [-0.4, -0.2) is 147 Å². The Kier molecular flexibility index (Phi) is 23.2. The molecule has 0 aliphatic heterocycles. The molecule has 0 aliphatic rings. The van der Waals surface area contributed by atoms with Crippen LogP contribution in [0, 0.1) is 0 Å². The summed E-state index contributed by atoms with van der Waals surface area (Å²) in [5.41, 5.74) is 1.73. The van der Waals surface area contributed by atoms with Gasteiger partial charge in [-0.3, -0.25) is 43.5 Å². The molecule has 15 nitrogen and oxygen atoms in total. The Morgan fingerprint density at radius 1 is 0.627 bits per heavy atom. The number of nitrogens with zero attached hydrogens (tertiary/aromatic N) is 3. The monoisotopic (exact) mass is 721 g/mol. The topological polar surface area (TPSA) is 179 Å². The first-order chi connectivity index (χ1) is 24.4. The Morgan fingerprint density at radius 2 is 1.04 bits per heavy atom. The molecule has 0 aromatic heterocycles. The third kappa shape index (κ3) is 20.2. The molecule has 1 aromatic carbocycles. The molecule has 1 unspecified atom stereocenters. The predicted octanol–water partition coefficient (Wildman–Crippen LogP) is 2.20. The molecular formula is C36H55N3O12. The highest BCUT2D eigenvalue weighted by molar-refractivity contribution is 5.77. The molecule has 0 bridgehead atoms. The fourth-order valence-corrected chi connectivity index (χ4v) is 4.96. The molecule has 51 heavy (non-hydrogen) atoms. The molecule has 0 aliphatic carbocycles. The molecule has 0 amide bonds. The lowest BCUT2D eigenvalue weighted by Crippen LogP contribution is -2.50. The van der Waals surface area contributed by atoms with E-state index in [1.807, 2.05) is 41.3 Å². The van der Waals surface area contributed by atoms with Crippen molar-refractivity contribution in [1.82, 2.24) is 14.7 Å². The van der Waals surface area contributed by atoms with E-state index < -0.39 is 41.9 Å². The van der Waals surface area contributed by atoms with Gasteiger partial charge in [0, 0.05) is 32.6 Å². The summed E-state index contributed by atoms with van der Waals surface area (Å²) in [6.45, 7) is 9.12. The van der Waals surface area contributed by atoms with Gasteiger partial charge in [0.1, 0.15) is 6.04 Å². The summed E-state index contributed by atoms with van der Waals surface area (Å²) in [6.07, 6.45) is 4.31. The number of aryl methyl sites for hydroxylation is 1. The van der Waals surface area contributed by atoms with Crippen molar-refractivity contribution < 1.29 is 57.6 Å². The van der Waals surface area contributed by atoms with Crippen molar-refractivity contribution in [2.45, 2.75) is 59.9 Å². The molecule has 0 saturated heterocycles. The number of carbonyl (C=O) groups excluding carboxylic acids is 5. The van der Waals surface area contributed by atoms with Crippen LogP contribution >= 0.6 is 0 Å². The molecule has 0 heterocycles. The van der Waals surface area contributed by atoms with Gasteiger partial charge in [-0.1, -0.05) is 36.4 Å². The second-order valence-corrected chi connectivity index (χ2v) is 11.2. The lowest BCUT2D eigenvalue weighted by Gasteiger charge is -2.33. The van der Waals surface area contributed by atoms with Gasteiger partial charge in [0.25, 0.3) is 0 Å². The van der Waals surface area contributed by atoms with Crippen molar-refractivity contribution in [3.05, 3.63) is 41.5 Å². The van der Waals surface area contributed by atoms with Crippen molar-refractivity contribution >= 4 is 41.9 Å². The van der Waals surface area contributed by atoms with E-state index in [0.29, 0.717) is 6.42 Å². The van der Waals surface area contributed by atoms with Crippen LogP contribution in [-0.2, 0) is 58.9 Å². The number of esters is 5. The van der Waals surface area contributed by atoms with Gasteiger partial charge in [0.2, 0.25) is 0 Å². The van der Waals surface area contributed by atoms with E-state index in [9.17, 15) is 28.8 Å². The summed E-state index contributed by atoms with van der Waals surface area (Å²) in [5, 5.41) is 8.96. The maximum absolute atomic E-state index is 13.5. The van der Waals surface area contributed by atoms with Gasteiger partial charge in [-0.05, 0) is 58.6 Å². The molecular weight excluding hydrogens is 666 g/mol. The smallest absolute Gasteiger partial charge is 0.323 e. The SMILES string of the molecule is CCOC(=O)CN(CCN(CCN(CC(=O)OCC)CC(=O)OCC)C(C/C=C/c1ccc(CCC(=O)O)cc1)C(=O)OCC)CC(=O)OCC. The van der Waals surface area contributed by atoms with Crippen molar-refractivity contribution in [2.24, 2.45) is 0 Å². The van der Waals surface area contributed by atoms with Crippen LogP contribution in [0.4, 0.5) is 0 Å². The van der Waals surface area contributed by atoms with Crippen molar-refractivity contribution in [3.8, 4) is 0 Å². The quantitative estimate of drug-likeness (QED) is 0.103. The summed E-state index contributed by atoms with van der Waals surface area (Å²) < 4.78 is 25.9. The van der Waals surface area contributed by atoms with Gasteiger partial charge in [-0.25, -0.2) is 0 Å². The standard InChI is InChI=1S/C36H55N3O12/c1-6-47-32(42)24-37(25-33(43)48-7-2)20-22-39(23-21-38(26-34(44)49-8-3)27-35(45)50-9-4)30(36(46)51-10-5)13-11-12-28-14-16-29(17-15-28)18-19-31(40)41/h11-12,14-17,30H,6-10,13,18-27H2,1-5H3,(H,40,41)/b12-11+. The average Bonchev–Trinajstić information content (AvgIpc) is 3.07. The second kappa shape index (κ2) is 26.5. The maximum atomic E-state index is 13.5. The minimum atomic E-state index is -0.872. The first-order valence-electron chi connectivity index (χ1n) is 17.4. The third-order valence-corrected chi connectivity index (χ3v) is 7.32. The molecule has 1 N–H and O–H groups in total. The molecule has 1 rings (SSSR count). The first-order valence-corrected chi connectivity index (χ1v) is 17.4. The third-order valence-electron chi connectivity index (χ3n) is 7.32. The first kappa shape index (κ1) is 44.7. The van der Waals surface area contributed by atoms with Gasteiger partial charge in [0.15, 0.2) is 0 Å². The van der Waals surface area contributed by atoms with Crippen LogP contribution in [0.2, 0.25) is 0 Å². The Bertz CT molecular complexity index is 1170. The Morgan fingerprint density at radius 3 is 1.41 bits per heavy atom. The largest absolute Gasteiger partial charge is 0.481 e. The molecule has 1 aromatic rings. The number of rotatable bonds is 27. The van der Waals surface area contributed by atoms with Crippen LogP contribution in [0.1, 0.15) is 58.6 Å². The lowest BCUT2D eigenvalue weighted by molar-refractivity contribution is -0.152. The van der Waals surface area contributed by atoms with E-state index in [0.717, 1.165) is 11.1 Å². The number of ether oxygens (including phenoxy) is 5. The minimum Gasteiger partial charge on any atom is -0.481 e. The van der Waals surface area contributed by atoms with Crippen LogP contribution in [0.25, 0.3) is 6.08 Å². The number of aliphatic carboxylic acids is 1. The van der Waals surface area contributed by atoms with Gasteiger partial charge < -0.3 is 28.8 Å². The molecule has 0 saturated carbocycles. The fraction of sp³-hybridized carbons (Fsp3) is 0.611. The number of carboxylic acids is 1. The van der Waals surface area contributed by atoms with E-state index in [4.69, 9.17) is 28.8 Å². The zero-order valence-electron chi connectivity index (χ0n) is 30.6. The van der Waals surface area contributed by atoms with Crippen LogP contribution < -0.4 is 0 Å². The van der Waals surface area contributed by atoms with Crippen LogP contribution in [0.3, 0.4) is 0 Å². The Hall–Kier alpha value is -4.34. The normalized spacial score (nSPS) is 11.8. The minimum absolute atomic E-state index is 0.0280. The highest BCUT2D eigenvalue weighted by Crippen LogP contribution is 2.14. The zero-order valence-corrected chi connectivity index (χ0v) is 30.6. The highest BCUT2D eigenvalue weighted by atomic mass is 16.5. The number of hydrogen-bond acceptors (Lipinski definition) is 14. The van der Waals surface area contributed by atoms with E-state index >= 15 is 0 Å². The van der Waals surface area contributed by atoms with E-state index in [2.05, 4.69) is 0 Å². The van der Waals surface area contributed by atoms with Gasteiger partial charge in [-0.15, -0.1) is 0 Å². The Balaban J connectivity index is 3.40. The zero-order chi connectivity index (χ0) is 38.0. The van der Waals surface area contributed by atoms with Gasteiger partial charge in [-0.2, -0.15) is 0 Å². The van der Waals surface area contributed by atoms with Crippen LogP contribution in [0.5, 0.6) is 0 Å². The van der Waals surface area contributed by atoms with E-state index in [-0.39, 0.29) is 98.2 Å². The molecule has 0 fully saturated rings. The number of carbonyl (C=O) groups is 6. The fourth-order valence-electron chi connectivity index (χ4n) is 4.96. The Labute approximate surface area is 300 Å². The molecule has 286 valence electrons. The van der Waals surface area contributed by atoms with Gasteiger partial charge >= 0.3 is 35.8 Å². The molecule has 0 spiro atoms. The van der Waals surface area contributed by atoms with Crippen LogP contribution in [0.15, 0.2) is 30.3 Å². The van der Waals surface area contributed by atoms with E-state index in [1.165, 1.54) is 0 Å². The predicted molar refractivity (Wildman–Crippen MR) is 187 cm³/mol.